The number of nitrogens with zero attached hydrogens (tertiary/aromatic N) is 3. The van der Waals surface area contributed by atoms with E-state index in [-0.39, 0.29) is 6.54 Å². The van der Waals surface area contributed by atoms with E-state index >= 15 is 0 Å². The topological polar surface area (TPSA) is 47.1 Å². The second-order valence-electron chi connectivity index (χ2n) is 4.50. The number of hydrogen-bond donors (Lipinski definition) is 1. The van der Waals surface area contributed by atoms with Crippen molar-refractivity contribution in [3.63, 3.8) is 0 Å². The third kappa shape index (κ3) is 3.27. The number of fused-ring (bicyclic) bond motifs is 1. The molecule has 0 unspecified atom stereocenters. The average Bonchev–Trinajstić information content (AvgIpc) is 2.67. The number of nitrogens with two attached hydrogens (primary N) is 1. The first kappa shape index (κ1) is 13.9. The molecule has 0 spiro atoms. The van der Waals surface area contributed by atoms with E-state index in [4.69, 9.17) is 5.73 Å². The molecule has 1 aromatic heterocycles. The second-order valence-corrected chi connectivity index (χ2v) is 4.50. The molecule has 0 saturated carbocycles. The lowest BCUT2D eigenvalue weighted by Crippen LogP contribution is -2.33. The Morgan fingerprint density at radius 3 is 2.79 bits per heavy atom. The molecule has 2 rings (SSSR count). The van der Waals surface area contributed by atoms with Gasteiger partial charge in [-0.15, -0.1) is 0 Å². The zero-order chi connectivity index (χ0) is 13.8. The fourth-order valence-electron chi connectivity index (χ4n) is 2.23. The highest BCUT2D eigenvalue weighted by Gasteiger charge is 2.15. The fraction of sp³-hybridized carbons (Fsp3) is 0.462. The summed E-state index contributed by atoms with van der Waals surface area (Å²) >= 11 is 0. The van der Waals surface area contributed by atoms with E-state index in [9.17, 15) is 8.78 Å². The maximum Gasteiger partial charge on any atom is 0.251 e. The van der Waals surface area contributed by atoms with Gasteiger partial charge in [0.25, 0.3) is 6.43 Å². The molecule has 0 amide bonds. The molecule has 6 heteroatoms. The van der Waals surface area contributed by atoms with E-state index in [0.717, 1.165) is 16.6 Å². The molecular formula is C13H18F2N4. The summed E-state index contributed by atoms with van der Waals surface area (Å²) < 4.78 is 26.8. The highest BCUT2D eigenvalue weighted by Crippen LogP contribution is 2.19. The van der Waals surface area contributed by atoms with Gasteiger partial charge in [0.05, 0.1) is 17.8 Å². The van der Waals surface area contributed by atoms with Crippen molar-refractivity contribution in [2.45, 2.75) is 13.0 Å². The van der Waals surface area contributed by atoms with E-state index in [1.165, 1.54) is 0 Å². The van der Waals surface area contributed by atoms with Gasteiger partial charge < -0.3 is 5.73 Å². The Morgan fingerprint density at radius 1 is 1.37 bits per heavy atom. The Bertz CT molecular complexity index is 538. The van der Waals surface area contributed by atoms with Crippen LogP contribution in [-0.2, 0) is 13.6 Å². The van der Waals surface area contributed by atoms with E-state index in [1.807, 2.05) is 31.3 Å². The Kier molecular flexibility index (Phi) is 4.44. The van der Waals surface area contributed by atoms with Crippen molar-refractivity contribution >= 4 is 10.9 Å². The van der Waals surface area contributed by atoms with E-state index in [2.05, 4.69) is 5.10 Å². The number of hydrogen-bond acceptors (Lipinski definition) is 3. The van der Waals surface area contributed by atoms with Crippen molar-refractivity contribution in [1.29, 1.82) is 0 Å². The Labute approximate surface area is 110 Å². The molecule has 104 valence electrons. The van der Waals surface area contributed by atoms with Gasteiger partial charge in [0, 0.05) is 32.1 Å². The Morgan fingerprint density at radius 2 is 2.11 bits per heavy atom. The molecule has 0 atom stereocenters. The van der Waals surface area contributed by atoms with E-state index in [1.54, 1.807) is 9.58 Å². The van der Waals surface area contributed by atoms with Crippen molar-refractivity contribution in [3.05, 3.63) is 30.0 Å². The lowest BCUT2D eigenvalue weighted by Gasteiger charge is -2.19. The van der Waals surface area contributed by atoms with Crippen LogP contribution in [0.5, 0.6) is 0 Å². The second kappa shape index (κ2) is 6.08. The quantitative estimate of drug-likeness (QED) is 0.865. The minimum Gasteiger partial charge on any atom is -0.329 e. The third-order valence-electron chi connectivity index (χ3n) is 3.05. The van der Waals surface area contributed by atoms with Crippen LogP contribution < -0.4 is 5.73 Å². The molecule has 0 aliphatic rings. The number of rotatable bonds is 6. The van der Waals surface area contributed by atoms with Gasteiger partial charge in [-0.25, -0.2) is 8.78 Å². The number of alkyl halides is 2. The van der Waals surface area contributed by atoms with Crippen LogP contribution >= 0.6 is 0 Å². The summed E-state index contributed by atoms with van der Waals surface area (Å²) in [6.07, 6.45) is -2.36. The van der Waals surface area contributed by atoms with Gasteiger partial charge in [0.15, 0.2) is 0 Å². The Balaban J connectivity index is 2.23. The number of halogens is 2. The number of para-hydroxylation sites is 1. The van der Waals surface area contributed by atoms with Gasteiger partial charge in [-0.05, 0) is 6.07 Å². The smallest absolute Gasteiger partial charge is 0.251 e. The number of aromatic nitrogens is 2. The third-order valence-corrected chi connectivity index (χ3v) is 3.05. The normalized spacial score (nSPS) is 11.9. The Hall–Kier alpha value is -1.53. The summed E-state index contributed by atoms with van der Waals surface area (Å²) in [6.45, 7) is 0.914. The minimum absolute atomic E-state index is 0.276. The predicted molar refractivity (Wildman–Crippen MR) is 71.0 cm³/mol. The molecule has 4 nitrogen and oxygen atoms in total. The molecule has 0 aliphatic carbocycles. The first-order chi connectivity index (χ1) is 9.11. The average molecular weight is 268 g/mol. The van der Waals surface area contributed by atoms with Crippen LogP contribution in [0.4, 0.5) is 8.78 Å². The zero-order valence-electron chi connectivity index (χ0n) is 10.9. The molecule has 19 heavy (non-hydrogen) atoms. The lowest BCUT2D eigenvalue weighted by molar-refractivity contribution is 0.0857. The molecule has 2 aromatic rings. The van der Waals surface area contributed by atoms with Gasteiger partial charge in [-0.1, -0.05) is 18.2 Å². The predicted octanol–water partition coefficient (Wildman–Crippen LogP) is 1.60. The highest BCUT2D eigenvalue weighted by molar-refractivity contribution is 5.81. The summed E-state index contributed by atoms with van der Waals surface area (Å²) in [5.41, 5.74) is 7.28. The minimum atomic E-state index is -2.36. The van der Waals surface area contributed by atoms with Gasteiger partial charge >= 0.3 is 0 Å². The molecule has 0 fully saturated rings. The fourth-order valence-corrected chi connectivity index (χ4v) is 2.23. The molecular weight excluding hydrogens is 250 g/mol. The van der Waals surface area contributed by atoms with Crippen LogP contribution in [-0.4, -0.2) is 40.7 Å². The van der Waals surface area contributed by atoms with Crippen molar-refractivity contribution in [3.8, 4) is 0 Å². The largest absolute Gasteiger partial charge is 0.329 e. The molecule has 2 N–H and O–H groups in total. The molecule has 0 aliphatic heterocycles. The van der Waals surface area contributed by atoms with Crippen molar-refractivity contribution < 1.29 is 8.78 Å². The standard InChI is InChI=1S/C13H18F2N4/c1-18-12-5-3-2-4-10(12)11(17-18)8-19(7-6-16)9-13(14)15/h2-5,13H,6-9,16H2,1H3. The molecule has 1 aromatic carbocycles. The van der Waals surface area contributed by atoms with Crippen LogP contribution in [0.1, 0.15) is 5.69 Å². The molecule has 0 bridgehead atoms. The van der Waals surface area contributed by atoms with E-state index in [0.29, 0.717) is 19.6 Å². The monoisotopic (exact) mass is 268 g/mol. The van der Waals surface area contributed by atoms with Crippen molar-refractivity contribution in [2.75, 3.05) is 19.6 Å². The molecule has 0 radical (unpaired) electrons. The zero-order valence-corrected chi connectivity index (χ0v) is 10.9. The first-order valence-electron chi connectivity index (χ1n) is 6.23. The molecule has 0 saturated heterocycles. The summed E-state index contributed by atoms with van der Waals surface area (Å²) in [7, 11) is 1.85. The lowest BCUT2D eigenvalue weighted by atomic mass is 10.2. The first-order valence-corrected chi connectivity index (χ1v) is 6.23. The van der Waals surface area contributed by atoms with Gasteiger partial charge in [0.2, 0.25) is 0 Å². The number of aryl methyl sites for hydroxylation is 1. The van der Waals surface area contributed by atoms with Crippen LogP contribution in [0, 0.1) is 0 Å². The van der Waals surface area contributed by atoms with Gasteiger partial charge in [-0.3, -0.25) is 9.58 Å². The van der Waals surface area contributed by atoms with Crippen molar-refractivity contribution in [1.82, 2.24) is 14.7 Å². The summed E-state index contributed by atoms with van der Waals surface area (Å²) in [6, 6.07) is 7.78. The van der Waals surface area contributed by atoms with Crippen LogP contribution in [0.3, 0.4) is 0 Å². The highest BCUT2D eigenvalue weighted by atomic mass is 19.3. The maximum atomic E-state index is 12.5. The van der Waals surface area contributed by atoms with E-state index < -0.39 is 6.43 Å². The summed E-state index contributed by atoms with van der Waals surface area (Å²) in [4.78, 5) is 1.64. The SMILES string of the molecule is Cn1nc(CN(CCN)CC(F)F)c2ccccc21. The van der Waals surface area contributed by atoms with Crippen LogP contribution in [0.2, 0.25) is 0 Å². The van der Waals surface area contributed by atoms with Crippen molar-refractivity contribution in [2.24, 2.45) is 12.8 Å². The van der Waals surface area contributed by atoms with Gasteiger partial charge in [0.1, 0.15) is 0 Å². The summed E-state index contributed by atoms with van der Waals surface area (Å²) in [5, 5.41) is 5.41. The van der Waals surface area contributed by atoms with Crippen LogP contribution in [0.15, 0.2) is 24.3 Å². The van der Waals surface area contributed by atoms with Gasteiger partial charge in [-0.2, -0.15) is 5.10 Å². The summed E-state index contributed by atoms with van der Waals surface area (Å²) in [5.74, 6) is 0. The van der Waals surface area contributed by atoms with Crippen LogP contribution in [0.25, 0.3) is 10.9 Å². The maximum absolute atomic E-state index is 12.5. The molecule has 1 heterocycles. The number of benzene rings is 1.